The summed E-state index contributed by atoms with van der Waals surface area (Å²) in [7, 11) is 0. The summed E-state index contributed by atoms with van der Waals surface area (Å²) in [4.78, 5) is 2.32. The zero-order chi connectivity index (χ0) is 13.3. The predicted octanol–water partition coefficient (Wildman–Crippen LogP) is 3.41. The highest BCUT2D eigenvalue weighted by Gasteiger charge is 2.29. The number of nitrogens with zero attached hydrogens (tertiary/aromatic N) is 1. The molecule has 1 aromatic carbocycles. The Kier molecular flexibility index (Phi) is 3.97. The van der Waals surface area contributed by atoms with Crippen LogP contribution in [-0.4, -0.2) is 25.7 Å². The standard InChI is InChI=1S/C14H20BrFN2/c1-14(2,3)13-9-18(7-6-17-13)12-5-4-10(16)8-11(12)15/h4-5,8,13,17H,6-7,9H2,1-3H3. The number of hydrogen-bond donors (Lipinski definition) is 1. The third kappa shape index (κ3) is 3.04. The maximum atomic E-state index is 13.1. The molecule has 1 saturated heterocycles. The van der Waals surface area contributed by atoms with Crippen molar-refractivity contribution in [3.63, 3.8) is 0 Å². The van der Waals surface area contributed by atoms with Crippen molar-refractivity contribution in [2.45, 2.75) is 26.8 Å². The normalized spacial score (nSPS) is 21.2. The first-order valence-electron chi connectivity index (χ1n) is 6.31. The van der Waals surface area contributed by atoms with E-state index >= 15 is 0 Å². The molecule has 0 aliphatic carbocycles. The van der Waals surface area contributed by atoms with Crippen LogP contribution in [-0.2, 0) is 0 Å². The van der Waals surface area contributed by atoms with Crippen molar-refractivity contribution in [2.24, 2.45) is 5.41 Å². The zero-order valence-corrected chi connectivity index (χ0v) is 12.7. The summed E-state index contributed by atoms with van der Waals surface area (Å²) in [5.41, 5.74) is 1.30. The lowest BCUT2D eigenvalue weighted by Gasteiger charge is -2.41. The fraction of sp³-hybridized carbons (Fsp3) is 0.571. The summed E-state index contributed by atoms with van der Waals surface area (Å²) in [6, 6.07) is 5.35. The van der Waals surface area contributed by atoms with E-state index in [2.05, 4.69) is 46.9 Å². The maximum absolute atomic E-state index is 13.1. The molecule has 1 aliphatic heterocycles. The Hall–Kier alpha value is -0.610. The van der Waals surface area contributed by atoms with Crippen molar-refractivity contribution >= 4 is 21.6 Å². The molecular formula is C14H20BrFN2. The van der Waals surface area contributed by atoms with Gasteiger partial charge >= 0.3 is 0 Å². The molecule has 1 fully saturated rings. The van der Waals surface area contributed by atoms with Crippen molar-refractivity contribution in [2.75, 3.05) is 24.5 Å². The quantitative estimate of drug-likeness (QED) is 0.854. The molecular weight excluding hydrogens is 295 g/mol. The summed E-state index contributed by atoms with van der Waals surface area (Å²) in [5.74, 6) is -0.201. The average molecular weight is 315 g/mol. The Morgan fingerprint density at radius 3 is 2.72 bits per heavy atom. The molecule has 1 unspecified atom stereocenters. The van der Waals surface area contributed by atoms with E-state index in [4.69, 9.17) is 0 Å². The summed E-state index contributed by atoms with van der Waals surface area (Å²) in [6.45, 7) is 9.60. The van der Waals surface area contributed by atoms with Crippen LogP contribution in [0.1, 0.15) is 20.8 Å². The van der Waals surface area contributed by atoms with E-state index in [1.165, 1.54) is 12.1 Å². The van der Waals surface area contributed by atoms with E-state index in [0.717, 1.165) is 29.8 Å². The van der Waals surface area contributed by atoms with Gasteiger partial charge in [-0.3, -0.25) is 0 Å². The fourth-order valence-corrected chi connectivity index (χ4v) is 2.89. The molecule has 0 aromatic heterocycles. The van der Waals surface area contributed by atoms with E-state index in [0.29, 0.717) is 6.04 Å². The molecule has 2 nitrogen and oxygen atoms in total. The van der Waals surface area contributed by atoms with Crippen molar-refractivity contribution in [1.82, 2.24) is 5.32 Å². The van der Waals surface area contributed by atoms with E-state index in [9.17, 15) is 4.39 Å². The highest BCUT2D eigenvalue weighted by molar-refractivity contribution is 9.10. The lowest BCUT2D eigenvalue weighted by molar-refractivity contribution is 0.254. The van der Waals surface area contributed by atoms with Crippen LogP contribution in [0.3, 0.4) is 0 Å². The van der Waals surface area contributed by atoms with Gasteiger partial charge in [0.1, 0.15) is 5.82 Å². The van der Waals surface area contributed by atoms with Crippen molar-refractivity contribution in [3.8, 4) is 0 Å². The minimum atomic E-state index is -0.201. The molecule has 1 N–H and O–H groups in total. The van der Waals surface area contributed by atoms with Crippen molar-refractivity contribution in [1.29, 1.82) is 0 Å². The second-order valence-corrected chi connectivity index (χ2v) is 6.77. The number of rotatable bonds is 1. The number of halogens is 2. The van der Waals surface area contributed by atoms with Gasteiger partial charge in [0.25, 0.3) is 0 Å². The second kappa shape index (κ2) is 5.17. The van der Waals surface area contributed by atoms with E-state index in [1.807, 2.05) is 6.07 Å². The molecule has 1 atom stereocenters. The van der Waals surface area contributed by atoms with Gasteiger partial charge in [0, 0.05) is 30.1 Å². The molecule has 4 heteroatoms. The van der Waals surface area contributed by atoms with Gasteiger partial charge in [-0.2, -0.15) is 0 Å². The Morgan fingerprint density at radius 1 is 1.39 bits per heavy atom. The lowest BCUT2D eigenvalue weighted by atomic mass is 9.85. The summed E-state index contributed by atoms with van der Waals surface area (Å²) >= 11 is 3.45. The molecule has 100 valence electrons. The molecule has 1 aliphatic rings. The van der Waals surface area contributed by atoms with Crippen LogP contribution in [0.4, 0.5) is 10.1 Å². The van der Waals surface area contributed by atoms with Gasteiger partial charge < -0.3 is 10.2 Å². The van der Waals surface area contributed by atoms with Crippen LogP contribution < -0.4 is 10.2 Å². The van der Waals surface area contributed by atoms with Crippen LogP contribution in [0.2, 0.25) is 0 Å². The molecule has 0 saturated carbocycles. The first kappa shape index (κ1) is 13.8. The molecule has 18 heavy (non-hydrogen) atoms. The van der Waals surface area contributed by atoms with Gasteiger partial charge in [-0.1, -0.05) is 20.8 Å². The molecule has 0 spiro atoms. The van der Waals surface area contributed by atoms with E-state index in [1.54, 1.807) is 0 Å². The summed E-state index contributed by atoms with van der Waals surface area (Å²) < 4.78 is 14.0. The minimum absolute atomic E-state index is 0.201. The van der Waals surface area contributed by atoms with Gasteiger partial charge in [0.15, 0.2) is 0 Å². The first-order chi connectivity index (χ1) is 8.38. The lowest BCUT2D eigenvalue weighted by Crippen LogP contribution is -2.56. The molecule has 2 rings (SSSR count). The van der Waals surface area contributed by atoms with Gasteiger partial charge in [0.2, 0.25) is 0 Å². The first-order valence-corrected chi connectivity index (χ1v) is 7.10. The third-order valence-corrected chi connectivity index (χ3v) is 4.11. The van der Waals surface area contributed by atoms with Gasteiger partial charge in [-0.05, 0) is 39.5 Å². The summed E-state index contributed by atoms with van der Waals surface area (Å²) in [5, 5.41) is 3.56. The SMILES string of the molecule is CC(C)(C)C1CN(c2ccc(F)cc2Br)CCN1. The second-order valence-electron chi connectivity index (χ2n) is 5.91. The average Bonchev–Trinajstić information content (AvgIpc) is 2.28. The Morgan fingerprint density at radius 2 is 2.11 bits per heavy atom. The van der Waals surface area contributed by atoms with Crippen molar-refractivity contribution < 1.29 is 4.39 Å². The van der Waals surface area contributed by atoms with Crippen LogP contribution in [0.25, 0.3) is 0 Å². The van der Waals surface area contributed by atoms with Crippen LogP contribution in [0.5, 0.6) is 0 Å². The fourth-order valence-electron chi connectivity index (χ4n) is 2.29. The van der Waals surface area contributed by atoms with Crippen LogP contribution in [0.15, 0.2) is 22.7 Å². The minimum Gasteiger partial charge on any atom is -0.368 e. The molecule has 1 heterocycles. The zero-order valence-electron chi connectivity index (χ0n) is 11.1. The topological polar surface area (TPSA) is 15.3 Å². The number of benzene rings is 1. The number of piperazine rings is 1. The Balaban J connectivity index is 2.18. The van der Waals surface area contributed by atoms with Crippen molar-refractivity contribution in [3.05, 3.63) is 28.5 Å². The predicted molar refractivity (Wildman–Crippen MR) is 77.6 cm³/mol. The highest BCUT2D eigenvalue weighted by Crippen LogP contribution is 2.30. The van der Waals surface area contributed by atoms with Gasteiger partial charge in [-0.25, -0.2) is 4.39 Å². The molecule has 0 radical (unpaired) electrons. The van der Waals surface area contributed by atoms with E-state index < -0.39 is 0 Å². The number of anilines is 1. The Bertz CT molecular complexity index is 428. The van der Waals surface area contributed by atoms with E-state index in [-0.39, 0.29) is 11.2 Å². The summed E-state index contributed by atoms with van der Waals surface area (Å²) in [6.07, 6.45) is 0. The molecule has 0 amide bonds. The number of nitrogens with one attached hydrogen (secondary N) is 1. The molecule has 0 bridgehead atoms. The third-order valence-electron chi connectivity index (χ3n) is 3.47. The highest BCUT2D eigenvalue weighted by atomic mass is 79.9. The largest absolute Gasteiger partial charge is 0.368 e. The maximum Gasteiger partial charge on any atom is 0.124 e. The van der Waals surface area contributed by atoms with Gasteiger partial charge in [0.05, 0.1) is 5.69 Å². The Labute approximate surface area is 117 Å². The smallest absolute Gasteiger partial charge is 0.124 e. The number of hydrogen-bond acceptors (Lipinski definition) is 2. The van der Waals surface area contributed by atoms with Crippen LogP contribution in [0, 0.1) is 11.2 Å². The molecule has 1 aromatic rings. The monoisotopic (exact) mass is 314 g/mol. The van der Waals surface area contributed by atoms with Gasteiger partial charge in [-0.15, -0.1) is 0 Å². The van der Waals surface area contributed by atoms with Crippen LogP contribution >= 0.6 is 15.9 Å².